The minimum Gasteiger partial charge on any atom is -0.383 e. The molecule has 1 saturated heterocycles. The minimum atomic E-state index is -0.0417. The first-order chi connectivity index (χ1) is 10.7. The Hall–Kier alpha value is -1.69. The van der Waals surface area contributed by atoms with E-state index in [0.29, 0.717) is 22.4 Å². The van der Waals surface area contributed by atoms with Crippen LogP contribution in [0.15, 0.2) is 47.4 Å². The number of hydrogen-bond acceptors (Lipinski definition) is 4. The van der Waals surface area contributed by atoms with Crippen molar-refractivity contribution in [1.29, 1.82) is 0 Å². The molecule has 2 aromatic rings. The largest absolute Gasteiger partial charge is 0.383 e. The first-order valence-electron chi connectivity index (χ1n) is 6.93. The van der Waals surface area contributed by atoms with E-state index >= 15 is 0 Å². The van der Waals surface area contributed by atoms with Crippen molar-refractivity contribution in [2.45, 2.75) is 0 Å². The van der Waals surface area contributed by atoms with E-state index in [1.54, 1.807) is 12.0 Å². The highest BCUT2D eigenvalue weighted by molar-refractivity contribution is 8.26. The Morgan fingerprint density at radius 3 is 2.82 bits per heavy atom. The normalized spacial score (nSPS) is 17.0. The number of carbonyl (C=O) groups excluding carboxylic acids is 1. The molecule has 0 bridgehead atoms. The van der Waals surface area contributed by atoms with Crippen molar-refractivity contribution in [3.8, 4) is 0 Å². The minimum absolute atomic E-state index is 0.0417. The third-order valence-electron chi connectivity index (χ3n) is 3.50. The fourth-order valence-corrected chi connectivity index (χ4v) is 3.69. The van der Waals surface area contributed by atoms with Gasteiger partial charge in [0.2, 0.25) is 0 Å². The molecular weight excluding hydrogens is 314 g/mol. The molecule has 3 nitrogen and oxygen atoms in total. The summed E-state index contributed by atoms with van der Waals surface area (Å²) in [5.41, 5.74) is 1.03. The van der Waals surface area contributed by atoms with E-state index in [2.05, 4.69) is 18.2 Å². The second kappa shape index (κ2) is 6.60. The van der Waals surface area contributed by atoms with Gasteiger partial charge in [-0.15, -0.1) is 0 Å². The number of carbonyl (C=O) groups is 1. The molecule has 0 spiro atoms. The summed E-state index contributed by atoms with van der Waals surface area (Å²) in [6, 6.07) is 14.2. The molecule has 112 valence electrons. The zero-order valence-corrected chi connectivity index (χ0v) is 13.7. The lowest BCUT2D eigenvalue weighted by Crippen LogP contribution is -2.31. The fourth-order valence-electron chi connectivity index (χ4n) is 2.39. The molecule has 0 aliphatic carbocycles. The van der Waals surface area contributed by atoms with Crippen molar-refractivity contribution in [3.05, 3.63) is 52.9 Å². The molecule has 2 aromatic carbocycles. The molecule has 1 heterocycles. The van der Waals surface area contributed by atoms with Crippen LogP contribution < -0.4 is 0 Å². The molecule has 0 radical (unpaired) electrons. The number of thioether (sulfide) groups is 1. The molecular formula is C17H15NO2S2. The van der Waals surface area contributed by atoms with Gasteiger partial charge in [-0.1, -0.05) is 66.4 Å². The van der Waals surface area contributed by atoms with Crippen molar-refractivity contribution in [2.75, 3.05) is 20.3 Å². The molecule has 1 aliphatic heterocycles. The Morgan fingerprint density at radius 1 is 1.23 bits per heavy atom. The summed E-state index contributed by atoms with van der Waals surface area (Å²) in [4.78, 5) is 14.7. The number of benzene rings is 2. The average Bonchev–Trinajstić information content (AvgIpc) is 2.80. The van der Waals surface area contributed by atoms with E-state index in [1.165, 1.54) is 11.8 Å². The molecule has 5 heteroatoms. The average molecular weight is 329 g/mol. The van der Waals surface area contributed by atoms with E-state index in [1.807, 2.05) is 30.3 Å². The maximum atomic E-state index is 12.5. The van der Waals surface area contributed by atoms with Crippen LogP contribution in [0.1, 0.15) is 5.56 Å². The van der Waals surface area contributed by atoms with Crippen LogP contribution in [0.4, 0.5) is 0 Å². The first-order valence-corrected chi connectivity index (χ1v) is 8.15. The van der Waals surface area contributed by atoms with Gasteiger partial charge in [-0.05, 0) is 22.4 Å². The number of fused-ring (bicyclic) bond motifs is 1. The second-order valence-corrected chi connectivity index (χ2v) is 6.57. The summed E-state index contributed by atoms with van der Waals surface area (Å²) in [5, 5.41) is 2.29. The fraction of sp³-hybridized carbons (Fsp3) is 0.176. The summed E-state index contributed by atoms with van der Waals surface area (Å²) in [6.45, 7) is 0.974. The molecule has 0 unspecified atom stereocenters. The van der Waals surface area contributed by atoms with Crippen molar-refractivity contribution in [1.82, 2.24) is 4.90 Å². The van der Waals surface area contributed by atoms with Crippen LogP contribution in [0.2, 0.25) is 0 Å². The number of amides is 1. The molecule has 3 rings (SSSR count). The lowest BCUT2D eigenvalue weighted by atomic mass is 10.0. The van der Waals surface area contributed by atoms with Crippen LogP contribution in [-0.4, -0.2) is 35.4 Å². The highest BCUT2D eigenvalue weighted by Crippen LogP contribution is 2.33. The number of nitrogens with zero attached hydrogens (tertiary/aromatic N) is 1. The Kier molecular flexibility index (Phi) is 4.57. The summed E-state index contributed by atoms with van der Waals surface area (Å²) in [6.07, 6.45) is 1.93. The van der Waals surface area contributed by atoms with Gasteiger partial charge >= 0.3 is 0 Å². The van der Waals surface area contributed by atoms with Gasteiger partial charge in [0.05, 0.1) is 18.1 Å². The van der Waals surface area contributed by atoms with Crippen LogP contribution >= 0.6 is 24.0 Å². The third kappa shape index (κ3) is 2.92. The van der Waals surface area contributed by atoms with E-state index in [-0.39, 0.29) is 5.91 Å². The predicted octanol–water partition coefficient (Wildman–Crippen LogP) is 3.69. The highest BCUT2D eigenvalue weighted by atomic mass is 32.2. The topological polar surface area (TPSA) is 29.5 Å². The van der Waals surface area contributed by atoms with E-state index in [4.69, 9.17) is 17.0 Å². The summed E-state index contributed by atoms with van der Waals surface area (Å²) < 4.78 is 5.62. The third-order valence-corrected chi connectivity index (χ3v) is 4.88. The van der Waals surface area contributed by atoms with Gasteiger partial charge < -0.3 is 4.74 Å². The van der Waals surface area contributed by atoms with Crippen LogP contribution in [0.5, 0.6) is 0 Å². The lowest BCUT2D eigenvalue weighted by molar-refractivity contribution is -0.122. The zero-order chi connectivity index (χ0) is 15.5. The molecule has 0 N–H and O–H groups in total. The van der Waals surface area contributed by atoms with Crippen LogP contribution in [-0.2, 0) is 9.53 Å². The Bertz CT molecular complexity index is 765. The summed E-state index contributed by atoms with van der Waals surface area (Å²) in [5.74, 6) is -0.0417. The van der Waals surface area contributed by atoms with Gasteiger partial charge in [0.15, 0.2) is 0 Å². The Morgan fingerprint density at radius 2 is 2.00 bits per heavy atom. The molecule has 1 amide bonds. The van der Waals surface area contributed by atoms with Crippen molar-refractivity contribution < 1.29 is 9.53 Å². The second-order valence-electron chi connectivity index (χ2n) is 4.89. The van der Waals surface area contributed by atoms with Gasteiger partial charge in [-0.2, -0.15) is 0 Å². The zero-order valence-electron chi connectivity index (χ0n) is 12.1. The maximum absolute atomic E-state index is 12.5. The standard InChI is InChI=1S/C17H15NO2S2/c1-20-10-9-18-16(19)15(22-17(18)21)11-13-7-4-6-12-5-2-3-8-14(12)13/h2-8,11H,9-10H2,1H3. The quantitative estimate of drug-likeness (QED) is 0.632. The SMILES string of the molecule is COCCN1C(=O)C(=Cc2cccc3ccccc23)SC1=S. The van der Waals surface area contributed by atoms with Gasteiger partial charge in [-0.3, -0.25) is 9.69 Å². The Balaban J connectivity index is 1.95. The molecule has 1 fully saturated rings. The molecule has 22 heavy (non-hydrogen) atoms. The molecule has 0 saturated carbocycles. The number of methoxy groups -OCH3 is 1. The van der Waals surface area contributed by atoms with Crippen molar-refractivity contribution in [2.24, 2.45) is 0 Å². The molecule has 0 atom stereocenters. The van der Waals surface area contributed by atoms with Gasteiger partial charge in [0.1, 0.15) is 4.32 Å². The van der Waals surface area contributed by atoms with Gasteiger partial charge in [0.25, 0.3) is 5.91 Å². The smallest absolute Gasteiger partial charge is 0.266 e. The van der Waals surface area contributed by atoms with Crippen LogP contribution in [0.3, 0.4) is 0 Å². The first kappa shape index (κ1) is 15.2. The summed E-state index contributed by atoms with van der Waals surface area (Å²) >= 11 is 6.64. The highest BCUT2D eigenvalue weighted by Gasteiger charge is 2.31. The lowest BCUT2D eigenvalue weighted by Gasteiger charge is -2.12. The Labute approximate surface area is 138 Å². The van der Waals surface area contributed by atoms with Crippen molar-refractivity contribution in [3.63, 3.8) is 0 Å². The summed E-state index contributed by atoms with van der Waals surface area (Å²) in [7, 11) is 1.61. The molecule has 1 aliphatic rings. The van der Waals surface area contributed by atoms with Gasteiger partial charge in [0, 0.05) is 7.11 Å². The molecule has 0 aromatic heterocycles. The number of rotatable bonds is 4. The number of hydrogen-bond donors (Lipinski definition) is 0. The maximum Gasteiger partial charge on any atom is 0.266 e. The van der Waals surface area contributed by atoms with E-state index in [0.717, 1.165) is 16.3 Å². The predicted molar refractivity (Wildman–Crippen MR) is 95.7 cm³/mol. The van der Waals surface area contributed by atoms with Gasteiger partial charge in [-0.25, -0.2) is 0 Å². The number of ether oxygens (including phenoxy) is 1. The van der Waals surface area contributed by atoms with Crippen LogP contribution in [0.25, 0.3) is 16.8 Å². The van der Waals surface area contributed by atoms with Crippen LogP contribution in [0, 0.1) is 0 Å². The van der Waals surface area contributed by atoms with E-state index < -0.39 is 0 Å². The monoisotopic (exact) mass is 329 g/mol. The van der Waals surface area contributed by atoms with E-state index in [9.17, 15) is 4.79 Å². The number of thiocarbonyl (C=S) groups is 1. The van der Waals surface area contributed by atoms with Crippen molar-refractivity contribution >= 4 is 51.1 Å².